The van der Waals surface area contributed by atoms with Gasteiger partial charge in [-0.15, -0.1) is 0 Å². The summed E-state index contributed by atoms with van der Waals surface area (Å²) >= 11 is 0. The zero-order chi connectivity index (χ0) is 20.2. The molecule has 2 aliphatic heterocycles. The summed E-state index contributed by atoms with van der Waals surface area (Å²) in [5, 5.41) is 16.6. The molecule has 0 aromatic heterocycles. The van der Waals surface area contributed by atoms with E-state index in [2.05, 4.69) is 84.9 Å². The number of nitrogens with zero attached hydrogens (tertiary/aromatic N) is 4. The first-order valence-electron chi connectivity index (χ1n) is 10.2. The maximum absolute atomic E-state index is 4.49. The van der Waals surface area contributed by atoms with Crippen LogP contribution in [-0.4, -0.2) is 43.9 Å². The summed E-state index contributed by atoms with van der Waals surface area (Å²) in [4.78, 5) is 8.74. The summed E-state index contributed by atoms with van der Waals surface area (Å²) in [6, 6.07) is 16.7. The van der Waals surface area contributed by atoms with Gasteiger partial charge < -0.3 is 5.32 Å². The molecular weight excluding hydrogens is 374 g/mol. The first kappa shape index (κ1) is 18.3. The molecule has 2 aliphatic rings. The van der Waals surface area contributed by atoms with Crippen LogP contribution < -0.4 is 16.2 Å². The van der Waals surface area contributed by atoms with E-state index in [9.17, 15) is 0 Å². The van der Waals surface area contributed by atoms with Crippen molar-refractivity contribution in [1.29, 1.82) is 0 Å². The largest absolute Gasteiger partial charge is 0.353 e. The summed E-state index contributed by atoms with van der Waals surface area (Å²) in [5.41, 5.74) is 8.25. The van der Waals surface area contributed by atoms with Crippen LogP contribution in [0.15, 0.2) is 68.7 Å². The molecule has 0 saturated heterocycles. The smallest absolute Gasteiger partial charge is 0.212 e. The number of fused-ring (bicyclic) bond motifs is 2. The van der Waals surface area contributed by atoms with E-state index in [4.69, 9.17) is 0 Å². The summed E-state index contributed by atoms with van der Waals surface area (Å²) < 4.78 is 0. The Labute approximate surface area is 174 Å². The number of hydrazone groups is 2. The lowest BCUT2D eigenvalue weighted by Gasteiger charge is -2.12. The number of hydrogen-bond donors (Lipinski definition) is 3. The summed E-state index contributed by atoms with van der Waals surface area (Å²) in [6.07, 6.45) is 5.83. The van der Waals surface area contributed by atoms with Crippen molar-refractivity contribution in [2.45, 2.75) is 12.8 Å². The molecule has 0 saturated carbocycles. The Bertz CT molecular complexity index is 1060. The van der Waals surface area contributed by atoms with Crippen molar-refractivity contribution in [3.63, 3.8) is 0 Å². The van der Waals surface area contributed by atoms with Crippen LogP contribution in [0.1, 0.15) is 24.0 Å². The van der Waals surface area contributed by atoms with Crippen molar-refractivity contribution in [3.8, 4) is 0 Å². The number of guanidine groups is 1. The van der Waals surface area contributed by atoms with Gasteiger partial charge in [0.1, 0.15) is 5.84 Å². The number of amidine groups is 1. The van der Waals surface area contributed by atoms with E-state index in [1.807, 2.05) is 12.4 Å². The monoisotopic (exact) mass is 397 g/mol. The Balaban J connectivity index is 1.58. The normalized spacial score (nSPS) is 16.4. The average Bonchev–Trinajstić information content (AvgIpc) is 3.49. The summed E-state index contributed by atoms with van der Waals surface area (Å²) in [5.74, 6) is 1.67. The predicted molar refractivity (Wildman–Crippen MR) is 125 cm³/mol. The summed E-state index contributed by atoms with van der Waals surface area (Å²) in [6.45, 7) is 2.50. The lowest BCUT2D eigenvalue weighted by Crippen LogP contribution is -2.30. The van der Waals surface area contributed by atoms with Gasteiger partial charge in [-0.05, 0) is 28.0 Å². The van der Waals surface area contributed by atoms with Gasteiger partial charge in [-0.25, -0.2) is 10.4 Å². The van der Waals surface area contributed by atoms with Crippen molar-refractivity contribution < 1.29 is 0 Å². The zero-order valence-corrected chi connectivity index (χ0v) is 16.6. The molecule has 0 radical (unpaired) electrons. The van der Waals surface area contributed by atoms with Crippen molar-refractivity contribution in [2.24, 2.45) is 20.2 Å². The molecule has 0 fully saturated rings. The Kier molecular flexibility index (Phi) is 5.08. The van der Waals surface area contributed by atoms with Gasteiger partial charge in [-0.2, -0.15) is 10.2 Å². The molecule has 0 amide bonds. The van der Waals surface area contributed by atoms with E-state index in [1.165, 1.54) is 0 Å². The van der Waals surface area contributed by atoms with Crippen LogP contribution >= 0.6 is 0 Å². The lowest BCUT2D eigenvalue weighted by atomic mass is 9.92. The standard InChI is InChI=1S/C23H23N7/c1-3-8-18-16(6-1)20(14-27-29-22-10-5-11-24-22)17-7-2-4-9-19(17)21(18)15-28-30-23-25-12-13-26-23/h1-4,6-9,14-15H,5,10-13H2,(H,24,29)(H2,25,26,30). The highest BCUT2D eigenvalue weighted by Crippen LogP contribution is 2.31. The van der Waals surface area contributed by atoms with Crippen LogP contribution in [0, 0.1) is 0 Å². The van der Waals surface area contributed by atoms with Crippen LogP contribution in [0.2, 0.25) is 0 Å². The third-order valence-electron chi connectivity index (χ3n) is 5.31. The maximum atomic E-state index is 4.49. The molecule has 0 spiro atoms. The predicted octanol–water partition coefficient (Wildman–Crippen LogP) is 2.99. The molecule has 3 aromatic rings. The van der Waals surface area contributed by atoms with Crippen molar-refractivity contribution in [3.05, 3.63) is 59.7 Å². The highest BCUT2D eigenvalue weighted by Gasteiger charge is 2.12. The second-order valence-corrected chi connectivity index (χ2v) is 7.25. The molecule has 0 aliphatic carbocycles. The Morgan fingerprint density at radius 3 is 1.87 bits per heavy atom. The second-order valence-electron chi connectivity index (χ2n) is 7.25. The maximum Gasteiger partial charge on any atom is 0.212 e. The minimum atomic E-state index is 0.713. The number of rotatable bonds is 4. The quantitative estimate of drug-likeness (QED) is 0.359. The van der Waals surface area contributed by atoms with Gasteiger partial charge in [0.15, 0.2) is 0 Å². The minimum Gasteiger partial charge on any atom is -0.353 e. The minimum absolute atomic E-state index is 0.713. The first-order valence-corrected chi connectivity index (χ1v) is 10.2. The van der Waals surface area contributed by atoms with Crippen LogP contribution in [-0.2, 0) is 0 Å². The van der Waals surface area contributed by atoms with Gasteiger partial charge >= 0.3 is 0 Å². The molecule has 3 aromatic carbocycles. The molecule has 30 heavy (non-hydrogen) atoms. The number of aliphatic imine (C=N–C) groups is 2. The number of hydrogen-bond acceptors (Lipinski definition) is 7. The molecule has 7 nitrogen and oxygen atoms in total. The number of nitrogens with one attached hydrogen (secondary N) is 3. The fourth-order valence-corrected chi connectivity index (χ4v) is 3.91. The molecule has 2 heterocycles. The Morgan fingerprint density at radius 2 is 1.37 bits per heavy atom. The van der Waals surface area contributed by atoms with Crippen LogP contribution in [0.25, 0.3) is 21.5 Å². The third kappa shape index (κ3) is 3.61. The van der Waals surface area contributed by atoms with Crippen molar-refractivity contribution in [2.75, 3.05) is 19.6 Å². The fraction of sp³-hybridized carbons (Fsp3) is 0.217. The van der Waals surface area contributed by atoms with Crippen LogP contribution in [0.3, 0.4) is 0 Å². The van der Waals surface area contributed by atoms with Gasteiger partial charge in [0.05, 0.1) is 19.0 Å². The first-order chi connectivity index (χ1) is 14.9. The van der Waals surface area contributed by atoms with E-state index in [1.54, 1.807) is 0 Å². The van der Waals surface area contributed by atoms with Gasteiger partial charge in [0, 0.05) is 30.6 Å². The van der Waals surface area contributed by atoms with Crippen LogP contribution in [0.4, 0.5) is 0 Å². The highest BCUT2D eigenvalue weighted by atomic mass is 15.4. The second kappa shape index (κ2) is 8.32. The zero-order valence-electron chi connectivity index (χ0n) is 16.6. The van der Waals surface area contributed by atoms with Gasteiger partial charge in [0.25, 0.3) is 0 Å². The SMILES string of the molecule is C(=NNC1=NCCC1)c1c2ccccc2c(C=NNC2=NCCN2)c2ccccc12. The molecule has 5 rings (SSSR count). The Hall–Kier alpha value is -3.74. The van der Waals surface area contributed by atoms with Gasteiger partial charge in [-0.1, -0.05) is 48.5 Å². The van der Waals surface area contributed by atoms with Crippen LogP contribution in [0.5, 0.6) is 0 Å². The van der Waals surface area contributed by atoms with E-state index in [-0.39, 0.29) is 0 Å². The Morgan fingerprint density at radius 1 is 0.767 bits per heavy atom. The molecule has 0 bridgehead atoms. The topological polar surface area (TPSA) is 85.5 Å². The number of benzene rings is 3. The fourth-order valence-electron chi connectivity index (χ4n) is 3.91. The molecule has 7 heteroatoms. The summed E-state index contributed by atoms with van der Waals surface area (Å²) in [7, 11) is 0. The van der Waals surface area contributed by atoms with E-state index in [0.717, 1.165) is 71.0 Å². The van der Waals surface area contributed by atoms with E-state index >= 15 is 0 Å². The molecule has 150 valence electrons. The van der Waals surface area contributed by atoms with E-state index < -0.39 is 0 Å². The highest BCUT2D eigenvalue weighted by molar-refractivity contribution is 6.21. The molecule has 0 atom stereocenters. The van der Waals surface area contributed by atoms with E-state index in [0.29, 0.717) is 5.96 Å². The third-order valence-corrected chi connectivity index (χ3v) is 5.31. The molecular formula is C23H23N7. The van der Waals surface area contributed by atoms with Crippen molar-refractivity contribution in [1.82, 2.24) is 16.2 Å². The molecule has 0 unspecified atom stereocenters. The van der Waals surface area contributed by atoms with Gasteiger partial charge in [0.2, 0.25) is 5.96 Å². The molecule has 3 N–H and O–H groups in total. The average molecular weight is 397 g/mol. The van der Waals surface area contributed by atoms with Crippen molar-refractivity contribution >= 4 is 45.8 Å². The van der Waals surface area contributed by atoms with Gasteiger partial charge in [-0.3, -0.25) is 10.4 Å². The lowest BCUT2D eigenvalue weighted by molar-refractivity contribution is 0.920.